The number of amides is 2. The molecule has 2 saturated heterocycles. The highest BCUT2D eigenvalue weighted by molar-refractivity contribution is 5.82. The zero-order chi connectivity index (χ0) is 29.6. The molecule has 2 aliphatic heterocycles. The van der Waals surface area contributed by atoms with E-state index in [1.807, 2.05) is 17.0 Å². The number of hydrogen-bond donors (Lipinski definition) is 2. The number of rotatable bonds is 11. The minimum absolute atomic E-state index is 0.0214. The second-order valence-corrected chi connectivity index (χ2v) is 11.0. The molecule has 3 fully saturated rings. The van der Waals surface area contributed by atoms with Gasteiger partial charge in [-0.2, -0.15) is 13.2 Å². The van der Waals surface area contributed by atoms with E-state index >= 15 is 0 Å². The summed E-state index contributed by atoms with van der Waals surface area (Å²) in [5, 5.41) is 5.96. The van der Waals surface area contributed by atoms with Crippen molar-refractivity contribution in [3.05, 3.63) is 47.4 Å². The van der Waals surface area contributed by atoms with Gasteiger partial charge in [-0.3, -0.25) is 9.59 Å². The molecule has 0 aromatic heterocycles. The highest BCUT2D eigenvalue weighted by Gasteiger charge is 2.34. The van der Waals surface area contributed by atoms with Gasteiger partial charge in [0.2, 0.25) is 11.8 Å². The van der Waals surface area contributed by atoms with Gasteiger partial charge >= 0.3 is 6.18 Å². The Morgan fingerprint density at radius 1 is 1.12 bits per heavy atom. The molecule has 0 spiro atoms. The average Bonchev–Trinajstić information content (AvgIpc) is 3.77. The maximum Gasteiger partial charge on any atom is 0.419 e. The summed E-state index contributed by atoms with van der Waals surface area (Å²) in [4.78, 5) is 33.5. The fraction of sp³-hybridized carbons (Fsp3) is 0.567. The van der Waals surface area contributed by atoms with Crippen molar-refractivity contribution in [2.75, 3.05) is 56.0 Å². The van der Waals surface area contributed by atoms with Gasteiger partial charge in [-0.15, -0.1) is 0 Å². The number of halogens is 3. The summed E-state index contributed by atoms with van der Waals surface area (Å²) in [7, 11) is 0. The molecule has 0 bridgehead atoms. The lowest BCUT2D eigenvalue weighted by Gasteiger charge is -2.36. The van der Waals surface area contributed by atoms with E-state index in [9.17, 15) is 22.8 Å². The first kappa shape index (κ1) is 30.5. The predicted octanol–water partition coefficient (Wildman–Crippen LogP) is 5.01. The second-order valence-electron chi connectivity index (χ2n) is 11.0. The van der Waals surface area contributed by atoms with Crippen LogP contribution in [0, 0.1) is 0 Å². The monoisotopic (exact) mass is 574 g/mol. The van der Waals surface area contributed by atoms with Gasteiger partial charge in [0.15, 0.2) is 0 Å². The molecule has 1 aromatic carbocycles. The Morgan fingerprint density at radius 2 is 1.85 bits per heavy atom. The van der Waals surface area contributed by atoms with Crippen LogP contribution in [0.2, 0.25) is 0 Å². The van der Waals surface area contributed by atoms with Crippen molar-refractivity contribution in [1.29, 1.82) is 0 Å². The molecule has 0 radical (unpaired) electrons. The van der Waals surface area contributed by atoms with Crippen molar-refractivity contribution < 1.29 is 22.8 Å². The summed E-state index contributed by atoms with van der Waals surface area (Å²) < 4.78 is 41.5. The zero-order valence-corrected chi connectivity index (χ0v) is 24.0. The standard InChI is InChI=1S/C30H41F3N6O2/c1-21(34-12-6-14-39-13-5-4-7-29(39)41)27(30(31,32)33)20-35-22(2)36-28-11-10-25(19-26(28)24-8-9-24)38-17-15-37(16-18-38)23(3)40/h10-11,19-20,24,34,36H,2,4-9,12-18H2,1,3H3/b27-21-,35-20-. The molecular formula is C30H41F3N6O2. The molecular weight excluding hydrogens is 533 g/mol. The Morgan fingerprint density at radius 3 is 2.49 bits per heavy atom. The summed E-state index contributed by atoms with van der Waals surface area (Å²) in [5.41, 5.74) is 2.08. The van der Waals surface area contributed by atoms with E-state index in [1.165, 1.54) is 6.92 Å². The number of hydrogen-bond acceptors (Lipinski definition) is 6. The maximum atomic E-state index is 13.8. The topological polar surface area (TPSA) is 80.3 Å². The molecule has 224 valence electrons. The maximum absolute atomic E-state index is 13.8. The Hall–Kier alpha value is -3.50. The Bertz CT molecular complexity index is 1180. The fourth-order valence-electron chi connectivity index (χ4n) is 5.32. The van der Waals surface area contributed by atoms with E-state index < -0.39 is 11.7 Å². The molecule has 0 atom stereocenters. The number of piperidine rings is 1. The minimum atomic E-state index is -4.59. The normalized spacial score (nSPS) is 19.0. The van der Waals surface area contributed by atoms with Crippen LogP contribution in [0.4, 0.5) is 24.5 Å². The van der Waals surface area contributed by atoms with Crippen molar-refractivity contribution in [2.24, 2.45) is 4.99 Å². The first-order valence-electron chi connectivity index (χ1n) is 14.5. The van der Waals surface area contributed by atoms with Crippen LogP contribution in [-0.2, 0) is 9.59 Å². The molecule has 2 amide bonds. The summed E-state index contributed by atoms with van der Waals surface area (Å²) in [6.45, 7) is 11.3. The zero-order valence-electron chi connectivity index (χ0n) is 24.0. The van der Waals surface area contributed by atoms with Crippen molar-refractivity contribution in [2.45, 2.75) is 64.5 Å². The molecule has 8 nitrogen and oxygen atoms in total. The number of nitrogens with one attached hydrogen (secondary N) is 2. The van der Waals surface area contributed by atoms with E-state index in [0.717, 1.165) is 61.9 Å². The van der Waals surface area contributed by atoms with Gasteiger partial charge in [-0.05, 0) is 68.7 Å². The van der Waals surface area contributed by atoms with Crippen molar-refractivity contribution >= 4 is 29.4 Å². The third-order valence-electron chi connectivity index (χ3n) is 7.90. The van der Waals surface area contributed by atoms with Gasteiger partial charge < -0.3 is 25.3 Å². The number of carbonyl (C=O) groups excluding carboxylic acids is 2. The van der Waals surface area contributed by atoms with E-state index in [-0.39, 0.29) is 23.3 Å². The van der Waals surface area contributed by atoms with Gasteiger partial charge in [0.05, 0.1) is 5.57 Å². The van der Waals surface area contributed by atoms with Crippen LogP contribution in [0.3, 0.4) is 0 Å². The lowest BCUT2D eigenvalue weighted by atomic mass is 10.1. The lowest BCUT2D eigenvalue weighted by molar-refractivity contribution is -0.133. The number of allylic oxidation sites excluding steroid dienone is 2. The number of likely N-dealkylation sites (tertiary alicyclic amines) is 1. The van der Waals surface area contributed by atoms with Crippen LogP contribution in [0.1, 0.15) is 63.9 Å². The highest BCUT2D eigenvalue weighted by Crippen LogP contribution is 2.45. The minimum Gasteiger partial charge on any atom is -0.388 e. The van der Waals surface area contributed by atoms with Crippen LogP contribution >= 0.6 is 0 Å². The van der Waals surface area contributed by atoms with Gasteiger partial charge in [0, 0.05) is 82.4 Å². The van der Waals surface area contributed by atoms with Crippen molar-refractivity contribution in [3.8, 4) is 0 Å². The molecule has 4 rings (SSSR count). The van der Waals surface area contributed by atoms with Gasteiger partial charge in [-0.25, -0.2) is 4.99 Å². The molecule has 41 heavy (non-hydrogen) atoms. The van der Waals surface area contributed by atoms with Crippen molar-refractivity contribution in [1.82, 2.24) is 15.1 Å². The van der Waals surface area contributed by atoms with E-state index in [4.69, 9.17) is 0 Å². The molecule has 2 N–H and O–H groups in total. The number of piperazine rings is 1. The third-order valence-corrected chi connectivity index (χ3v) is 7.90. The molecule has 1 aromatic rings. The predicted molar refractivity (Wildman–Crippen MR) is 156 cm³/mol. The molecule has 1 aliphatic carbocycles. The van der Waals surface area contributed by atoms with Crippen LogP contribution in [0.15, 0.2) is 46.9 Å². The number of carbonyl (C=O) groups is 2. The number of alkyl halides is 3. The Balaban J connectivity index is 1.36. The number of aliphatic imine (C=N–C) groups is 1. The average molecular weight is 575 g/mol. The summed E-state index contributed by atoms with van der Waals surface area (Å²) >= 11 is 0. The van der Waals surface area contributed by atoms with E-state index in [1.54, 1.807) is 11.8 Å². The Kier molecular flexibility index (Phi) is 9.99. The molecule has 3 aliphatic rings. The lowest BCUT2D eigenvalue weighted by Crippen LogP contribution is -2.48. The van der Waals surface area contributed by atoms with E-state index in [2.05, 4.69) is 33.2 Å². The molecule has 2 heterocycles. The summed E-state index contributed by atoms with van der Waals surface area (Å²) in [6.07, 6.45) is 1.32. The molecule has 0 unspecified atom stereocenters. The first-order chi connectivity index (χ1) is 19.5. The summed E-state index contributed by atoms with van der Waals surface area (Å²) in [5.74, 6) is 0.713. The van der Waals surface area contributed by atoms with Crippen LogP contribution in [0.5, 0.6) is 0 Å². The first-order valence-corrected chi connectivity index (χ1v) is 14.5. The van der Waals surface area contributed by atoms with Crippen molar-refractivity contribution in [3.63, 3.8) is 0 Å². The second kappa shape index (κ2) is 13.4. The SMILES string of the molecule is C=C(/N=C\C(=C(/C)NCCCN1CCCCC1=O)C(F)(F)F)Nc1ccc(N2CCN(C(C)=O)CC2)cc1C1CC1. The smallest absolute Gasteiger partial charge is 0.388 e. The third kappa shape index (κ3) is 8.50. The van der Waals surface area contributed by atoms with Crippen LogP contribution < -0.4 is 15.5 Å². The van der Waals surface area contributed by atoms with Gasteiger partial charge in [0.1, 0.15) is 5.82 Å². The summed E-state index contributed by atoms with van der Waals surface area (Å²) in [6, 6.07) is 6.05. The molecule has 11 heteroatoms. The van der Waals surface area contributed by atoms with Gasteiger partial charge in [0.25, 0.3) is 0 Å². The number of benzene rings is 1. The van der Waals surface area contributed by atoms with Gasteiger partial charge in [-0.1, -0.05) is 6.58 Å². The van der Waals surface area contributed by atoms with E-state index in [0.29, 0.717) is 51.5 Å². The fourth-order valence-corrected chi connectivity index (χ4v) is 5.32. The van der Waals surface area contributed by atoms with Crippen LogP contribution in [-0.4, -0.2) is 79.8 Å². The number of nitrogens with zero attached hydrogens (tertiary/aromatic N) is 4. The molecule has 1 saturated carbocycles. The highest BCUT2D eigenvalue weighted by atomic mass is 19.4. The quantitative estimate of drug-likeness (QED) is 0.287. The number of anilines is 2. The van der Waals surface area contributed by atoms with Crippen LogP contribution in [0.25, 0.3) is 0 Å². The largest absolute Gasteiger partial charge is 0.419 e. The Labute approximate surface area is 240 Å².